The molecular weight excluding hydrogens is 400 g/mol. The molecule has 1 aliphatic heterocycles. The molecule has 0 spiro atoms. The molecule has 1 aromatic heterocycles. The van der Waals surface area contributed by atoms with Crippen molar-refractivity contribution in [2.75, 3.05) is 13.7 Å². The van der Waals surface area contributed by atoms with E-state index in [-0.39, 0.29) is 21.7 Å². The number of methoxy groups -OCH3 is 1. The number of thiophene rings is 1. The third-order valence-electron chi connectivity index (χ3n) is 5.39. The van der Waals surface area contributed by atoms with Crippen LogP contribution in [0.1, 0.15) is 60.3 Å². The van der Waals surface area contributed by atoms with Crippen LogP contribution in [0.5, 0.6) is 0 Å². The second kappa shape index (κ2) is 8.34. The van der Waals surface area contributed by atoms with Gasteiger partial charge in [-0.3, -0.25) is 4.79 Å². The Hall–Kier alpha value is -1.71. The maximum atomic E-state index is 13.0. The standard InChI is InChI=1S/C19H26N2O5S2/c1-4-12(2)17(22)21-10-9-14-15(11-21)27-19(16(14)18(23)26-3)28(24,25)20-13-7-5-6-8-13/h4,13,20H,5-11H2,1-3H3/b12-4+. The first-order valence-electron chi connectivity index (χ1n) is 9.45. The SMILES string of the molecule is C/C=C(\C)C(=O)N1CCc2c(sc(S(=O)(=O)NC3CCCC3)c2C(=O)OC)C1. The Bertz CT molecular complexity index is 911. The van der Waals surface area contributed by atoms with Gasteiger partial charge in [0, 0.05) is 23.0 Å². The summed E-state index contributed by atoms with van der Waals surface area (Å²) in [4.78, 5) is 27.3. The number of allylic oxidation sites excluding steroid dienone is 1. The molecule has 1 fully saturated rings. The molecule has 3 rings (SSSR count). The molecule has 1 aromatic rings. The number of nitrogens with one attached hydrogen (secondary N) is 1. The summed E-state index contributed by atoms with van der Waals surface area (Å²) in [6.45, 7) is 4.30. The summed E-state index contributed by atoms with van der Waals surface area (Å²) >= 11 is 1.07. The number of hydrogen-bond acceptors (Lipinski definition) is 6. The number of ether oxygens (including phenoxy) is 1. The minimum absolute atomic E-state index is 0.00769. The van der Waals surface area contributed by atoms with Gasteiger partial charge in [-0.25, -0.2) is 17.9 Å². The van der Waals surface area contributed by atoms with E-state index >= 15 is 0 Å². The van der Waals surface area contributed by atoms with Crippen LogP contribution in [-0.4, -0.2) is 44.9 Å². The Morgan fingerprint density at radius 3 is 2.57 bits per heavy atom. The molecule has 0 unspecified atom stereocenters. The lowest BCUT2D eigenvalue weighted by molar-refractivity contribution is -0.127. The smallest absolute Gasteiger partial charge is 0.340 e. The van der Waals surface area contributed by atoms with Crippen molar-refractivity contribution in [3.63, 3.8) is 0 Å². The highest BCUT2D eigenvalue weighted by Crippen LogP contribution is 2.37. The van der Waals surface area contributed by atoms with E-state index < -0.39 is 16.0 Å². The minimum atomic E-state index is -3.83. The molecule has 0 aromatic carbocycles. The van der Waals surface area contributed by atoms with Gasteiger partial charge >= 0.3 is 5.97 Å². The van der Waals surface area contributed by atoms with Gasteiger partial charge in [-0.15, -0.1) is 11.3 Å². The largest absolute Gasteiger partial charge is 0.465 e. The maximum Gasteiger partial charge on any atom is 0.340 e. The normalized spacial score (nSPS) is 18.2. The van der Waals surface area contributed by atoms with E-state index in [4.69, 9.17) is 4.74 Å². The molecule has 154 valence electrons. The van der Waals surface area contributed by atoms with Crippen molar-refractivity contribution in [2.45, 2.75) is 62.7 Å². The number of nitrogens with zero attached hydrogens (tertiary/aromatic N) is 1. The minimum Gasteiger partial charge on any atom is -0.465 e. The predicted octanol–water partition coefficient (Wildman–Crippen LogP) is 2.61. The molecular formula is C19H26N2O5S2. The van der Waals surface area contributed by atoms with Crippen molar-refractivity contribution in [3.05, 3.63) is 27.7 Å². The Balaban J connectivity index is 1.97. The summed E-state index contributed by atoms with van der Waals surface area (Å²) in [5.41, 5.74) is 1.46. The zero-order valence-electron chi connectivity index (χ0n) is 16.4. The van der Waals surface area contributed by atoms with Gasteiger partial charge in [-0.2, -0.15) is 0 Å². The predicted molar refractivity (Wildman–Crippen MR) is 107 cm³/mol. The molecule has 1 amide bonds. The van der Waals surface area contributed by atoms with Crippen molar-refractivity contribution in [2.24, 2.45) is 0 Å². The van der Waals surface area contributed by atoms with E-state index in [0.29, 0.717) is 30.6 Å². The second-order valence-corrected chi connectivity index (χ2v) is 10.2. The average molecular weight is 427 g/mol. The first kappa shape index (κ1) is 21.0. The molecule has 1 N–H and O–H groups in total. The third-order valence-corrected chi connectivity index (χ3v) is 8.65. The quantitative estimate of drug-likeness (QED) is 0.577. The highest BCUT2D eigenvalue weighted by molar-refractivity contribution is 7.91. The van der Waals surface area contributed by atoms with Crippen molar-refractivity contribution < 1.29 is 22.7 Å². The van der Waals surface area contributed by atoms with Gasteiger partial charge in [0.05, 0.1) is 19.2 Å². The second-order valence-electron chi connectivity index (χ2n) is 7.21. The van der Waals surface area contributed by atoms with Crippen LogP contribution >= 0.6 is 11.3 Å². The number of carbonyl (C=O) groups excluding carboxylic acids is 2. The maximum absolute atomic E-state index is 13.0. The Morgan fingerprint density at radius 2 is 1.96 bits per heavy atom. The zero-order valence-corrected chi connectivity index (χ0v) is 18.0. The lowest BCUT2D eigenvalue weighted by Crippen LogP contribution is -2.36. The van der Waals surface area contributed by atoms with E-state index in [1.807, 2.05) is 6.92 Å². The fraction of sp³-hybridized carbons (Fsp3) is 0.579. The number of esters is 1. The fourth-order valence-electron chi connectivity index (χ4n) is 3.74. The molecule has 0 radical (unpaired) electrons. The Kier molecular flexibility index (Phi) is 6.26. The molecule has 1 aliphatic carbocycles. The van der Waals surface area contributed by atoms with E-state index in [0.717, 1.165) is 41.9 Å². The molecule has 9 heteroatoms. The molecule has 0 saturated heterocycles. The number of amides is 1. The van der Waals surface area contributed by atoms with Gasteiger partial charge in [0.1, 0.15) is 4.21 Å². The zero-order chi connectivity index (χ0) is 20.5. The van der Waals surface area contributed by atoms with Crippen LogP contribution in [-0.2, 0) is 32.5 Å². The fourth-order valence-corrected chi connectivity index (χ4v) is 6.96. The monoisotopic (exact) mass is 426 g/mol. The van der Waals surface area contributed by atoms with Crippen molar-refractivity contribution in [1.29, 1.82) is 0 Å². The summed E-state index contributed by atoms with van der Waals surface area (Å²) < 4.78 is 33.7. The van der Waals surface area contributed by atoms with Gasteiger partial charge < -0.3 is 9.64 Å². The summed E-state index contributed by atoms with van der Waals surface area (Å²) in [5.74, 6) is -0.719. The Labute approximate surface area is 169 Å². The summed E-state index contributed by atoms with van der Waals surface area (Å²) in [5, 5.41) is 0. The van der Waals surface area contributed by atoms with Crippen LogP contribution in [0.15, 0.2) is 15.9 Å². The molecule has 2 aliphatic rings. The van der Waals surface area contributed by atoms with Crippen molar-refractivity contribution in [1.82, 2.24) is 9.62 Å². The van der Waals surface area contributed by atoms with Gasteiger partial charge in [0.25, 0.3) is 10.0 Å². The molecule has 0 bridgehead atoms. The van der Waals surface area contributed by atoms with Crippen LogP contribution in [0.2, 0.25) is 0 Å². The van der Waals surface area contributed by atoms with Crippen LogP contribution in [0, 0.1) is 0 Å². The molecule has 0 atom stereocenters. The summed E-state index contributed by atoms with van der Waals surface area (Å²) in [7, 11) is -2.58. The number of fused-ring (bicyclic) bond motifs is 1. The van der Waals surface area contributed by atoms with Crippen LogP contribution in [0.25, 0.3) is 0 Å². The average Bonchev–Trinajstić information content (AvgIpc) is 3.32. The highest BCUT2D eigenvalue weighted by atomic mass is 32.2. The van der Waals surface area contributed by atoms with E-state index in [9.17, 15) is 18.0 Å². The van der Waals surface area contributed by atoms with E-state index in [2.05, 4.69) is 4.72 Å². The Morgan fingerprint density at radius 1 is 1.29 bits per heavy atom. The lowest BCUT2D eigenvalue weighted by atomic mass is 10.0. The summed E-state index contributed by atoms with van der Waals surface area (Å²) in [6, 6.07) is -0.0926. The molecule has 7 nitrogen and oxygen atoms in total. The van der Waals surface area contributed by atoms with Gasteiger partial charge in [-0.05, 0) is 38.7 Å². The van der Waals surface area contributed by atoms with Crippen LogP contribution in [0.4, 0.5) is 0 Å². The first-order chi connectivity index (χ1) is 13.3. The van der Waals surface area contributed by atoms with Crippen LogP contribution in [0.3, 0.4) is 0 Å². The van der Waals surface area contributed by atoms with Gasteiger partial charge in [-0.1, -0.05) is 18.9 Å². The number of rotatable bonds is 5. The molecule has 1 saturated carbocycles. The topological polar surface area (TPSA) is 92.8 Å². The lowest BCUT2D eigenvalue weighted by Gasteiger charge is -2.27. The first-order valence-corrected chi connectivity index (χ1v) is 11.8. The highest BCUT2D eigenvalue weighted by Gasteiger charge is 2.36. The molecule has 2 heterocycles. The third kappa shape index (κ3) is 4.01. The number of sulfonamides is 1. The van der Waals surface area contributed by atoms with Gasteiger partial charge in [0.15, 0.2) is 0 Å². The van der Waals surface area contributed by atoms with E-state index in [1.165, 1.54) is 7.11 Å². The van der Waals surface area contributed by atoms with Crippen molar-refractivity contribution >= 4 is 33.2 Å². The van der Waals surface area contributed by atoms with E-state index in [1.54, 1.807) is 17.9 Å². The van der Waals surface area contributed by atoms with Crippen molar-refractivity contribution in [3.8, 4) is 0 Å². The van der Waals surface area contributed by atoms with Crippen LogP contribution < -0.4 is 4.72 Å². The number of carbonyl (C=O) groups is 2. The van der Waals surface area contributed by atoms with Gasteiger partial charge in [0.2, 0.25) is 5.91 Å². The molecule has 28 heavy (non-hydrogen) atoms. The summed E-state index contributed by atoms with van der Waals surface area (Å²) in [6.07, 6.45) is 5.80. The number of hydrogen-bond donors (Lipinski definition) is 1.